The summed E-state index contributed by atoms with van der Waals surface area (Å²) in [5, 5.41) is 22.4. The van der Waals surface area contributed by atoms with Crippen molar-refractivity contribution in [2.24, 2.45) is 0 Å². The minimum atomic E-state index is 0.659. The molecule has 0 atom stereocenters. The van der Waals surface area contributed by atoms with E-state index in [2.05, 4.69) is 31.3 Å². The fourth-order valence-corrected chi connectivity index (χ4v) is 2.69. The molecule has 0 saturated heterocycles. The molecular weight excluding hydrogens is 254 g/mol. The lowest BCUT2D eigenvalue weighted by atomic mass is 10.1. The van der Waals surface area contributed by atoms with Crippen LogP contribution in [0, 0.1) is 0 Å². The van der Waals surface area contributed by atoms with Gasteiger partial charge in [0.15, 0.2) is 5.65 Å². The standard InChI is InChI=1S/C13H21N7/c1-2-4-6-11(5-3-1)14-9-10-15-12-7-8-13-16-18-19-20(13)17-12/h7-8,11,14H,1-6,9-10H2,(H,15,17). The summed E-state index contributed by atoms with van der Waals surface area (Å²) in [6.45, 7) is 1.82. The van der Waals surface area contributed by atoms with Gasteiger partial charge in [-0.25, -0.2) is 0 Å². The number of aromatic nitrogens is 5. The van der Waals surface area contributed by atoms with Crippen LogP contribution in [0.1, 0.15) is 38.5 Å². The van der Waals surface area contributed by atoms with E-state index in [-0.39, 0.29) is 0 Å². The number of rotatable bonds is 5. The second-order valence-corrected chi connectivity index (χ2v) is 5.31. The number of anilines is 1. The lowest BCUT2D eigenvalue weighted by Gasteiger charge is -2.16. The minimum Gasteiger partial charge on any atom is -0.367 e. The molecule has 7 nitrogen and oxygen atoms in total. The summed E-state index contributed by atoms with van der Waals surface area (Å²) in [5.41, 5.74) is 0.659. The number of nitrogens with one attached hydrogen (secondary N) is 2. The molecular formula is C13H21N7. The van der Waals surface area contributed by atoms with E-state index in [1.165, 1.54) is 43.2 Å². The molecule has 2 heterocycles. The van der Waals surface area contributed by atoms with Gasteiger partial charge in [-0.05, 0) is 35.4 Å². The van der Waals surface area contributed by atoms with Crippen LogP contribution in [-0.2, 0) is 0 Å². The van der Waals surface area contributed by atoms with Crippen molar-refractivity contribution in [3.63, 3.8) is 0 Å². The summed E-state index contributed by atoms with van der Waals surface area (Å²) in [4.78, 5) is 0. The highest BCUT2D eigenvalue weighted by molar-refractivity contribution is 5.41. The van der Waals surface area contributed by atoms with E-state index < -0.39 is 0 Å². The van der Waals surface area contributed by atoms with Gasteiger partial charge in [0.05, 0.1) is 0 Å². The first-order valence-corrected chi connectivity index (χ1v) is 7.44. The van der Waals surface area contributed by atoms with Crippen LogP contribution in [0.3, 0.4) is 0 Å². The molecule has 1 aliphatic carbocycles. The van der Waals surface area contributed by atoms with E-state index in [0.717, 1.165) is 18.9 Å². The van der Waals surface area contributed by atoms with Crippen molar-refractivity contribution in [3.8, 4) is 0 Å². The first kappa shape index (κ1) is 13.2. The molecule has 2 N–H and O–H groups in total. The topological polar surface area (TPSA) is 80.0 Å². The van der Waals surface area contributed by atoms with Crippen LogP contribution in [-0.4, -0.2) is 44.4 Å². The van der Waals surface area contributed by atoms with Crippen molar-refractivity contribution in [2.75, 3.05) is 18.4 Å². The summed E-state index contributed by atoms with van der Waals surface area (Å²) in [6, 6.07) is 4.44. The van der Waals surface area contributed by atoms with Crippen molar-refractivity contribution in [3.05, 3.63) is 12.1 Å². The Morgan fingerprint density at radius 1 is 1.10 bits per heavy atom. The molecule has 0 unspecified atom stereocenters. The van der Waals surface area contributed by atoms with Crippen LogP contribution in [0.25, 0.3) is 5.65 Å². The van der Waals surface area contributed by atoms with Gasteiger partial charge in [-0.1, -0.05) is 25.7 Å². The Morgan fingerprint density at radius 2 is 1.95 bits per heavy atom. The van der Waals surface area contributed by atoms with Gasteiger partial charge in [0.2, 0.25) is 0 Å². The second kappa shape index (κ2) is 6.60. The largest absolute Gasteiger partial charge is 0.367 e. The van der Waals surface area contributed by atoms with Gasteiger partial charge in [-0.15, -0.1) is 14.8 Å². The van der Waals surface area contributed by atoms with E-state index >= 15 is 0 Å². The monoisotopic (exact) mass is 275 g/mol. The zero-order valence-electron chi connectivity index (χ0n) is 11.6. The Labute approximate surface area is 118 Å². The van der Waals surface area contributed by atoms with Crippen LogP contribution in [0.4, 0.5) is 5.82 Å². The zero-order chi connectivity index (χ0) is 13.6. The smallest absolute Gasteiger partial charge is 0.200 e. The predicted molar refractivity (Wildman–Crippen MR) is 76.6 cm³/mol. The molecule has 0 amide bonds. The number of hydrogen-bond acceptors (Lipinski definition) is 6. The molecule has 1 fully saturated rings. The average Bonchev–Trinajstić information content (AvgIpc) is 2.78. The molecule has 1 aliphatic rings. The van der Waals surface area contributed by atoms with Crippen LogP contribution in [0.5, 0.6) is 0 Å². The van der Waals surface area contributed by atoms with Crippen molar-refractivity contribution in [2.45, 2.75) is 44.6 Å². The minimum absolute atomic E-state index is 0.659. The van der Waals surface area contributed by atoms with Gasteiger partial charge in [0.1, 0.15) is 5.82 Å². The van der Waals surface area contributed by atoms with Gasteiger partial charge in [-0.3, -0.25) is 0 Å². The first-order chi connectivity index (χ1) is 9.92. The number of tetrazole rings is 1. The molecule has 0 bridgehead atoms. The Hall–Kier alpha value is -1.76. The maximum Gasteiger partial charge on any atom is 0.200 e. The fraction of sp³-hybridized carbons (Fsp3) is 0.692. The SMILES string of the molecule is c1cc2nnnn2nc1NCCNC1CCCCCC1. The van der Waals surface area contributed by atoms with E-state index in [9.17, 15) is 0 Å². The fourth-order valence-electron chi connectivity index (χ4n) is 2.69. The molecule has 2 aromatic rings. The van der Waals surface area contributed by atoms with Gasteiger partial charge >= 0.3 is 0 Å². The molecule has 0 aromatic carbocycles. The third-order valence-electron chi connectivity index (χ3n) is 3.79. The normalized spacial score (nSPS) is 17.2. The quantitative estimate of drug-likeness (QED) is 0.631. The van der Waals surface area contributed by atoms with Crippen LogP contribution in [0.15, 0.2) is 12.1 Å². The summed E-state index contributed by atoms with van der Waals surface area (Å²) < 4.78 is 1.43. The van der Waals surface area contributed by atoms with Crippen LogP contribution < -0.4 is 10.6 Å². The second-order valence-electron chi connectivity index (χ2n) is 5.31. The van der Waals surface area contributed by atoms with Crippen molar-refractivity contribution >= 4 is 11.5 Å². The molecule has 108 valence electrons. The highest BCUT2D eigenvalue weighted by Gasteiger charge is 2.10. The molecule has 0 aliphatic heterocycles. The van der Waals surface area contributed by atoms with Gasteiger partial charge in [0.25, 0.3) is 0 Å². The first-order valence-electron chi connectivity index (χ1n) is 7.44. The summed E-state index contributed by atoms with van der Waals surface area (Å²) in [6.07, 6.45) is 8.15. The lowest BCUT2D eigenvalue weighted by Crippen LogP contribution is -2.32. The van der Waals surface area contributed by atoms with Crippen molar-refractivity contribution < 1.29 is 0 Å². The Balaban J connectivity index is 1.42. The molecule has 0 radical (unpaired) electrons. The zero-order valence-corrected chi connectivity index (χ0v) is 11.6. The summed E-state index contributed by atoms with van der Waals surface area (Å²) in [5.74, 6) is 0.799. The highest BCUT2D eigenvalue weighted by Crippen LogP contribution is 2.16. The molecule has 0 spiro atoms. The summed E-state index contributed by atoms with van der Waals surface area (Å²) >= 11 is 0. The lowest BCUT2D eigenvalue weighted by molar-refractivity contribution is 0.468. The Kier molecular flexibility index (Phi) is 4.37. The van der Waals surface area contributed by atoms with Crippen molar-refractivity contribution in [1.29, 1.82) is 0 Å². The molecule has 3 rings (SSSR count). The van der Waals surface area contributed by atoms with Gasteiger partial charge < -0.3 is 10.6 Å². The molecule has 2 aromatic heterocycles. The average molecular weight is 275 g/mol. The number of nitrogens with zero attached hydrogens (tertiary/aromatic N) is 5. The molecule has 1 saturated carbocycles. The maximum absolute atomic E-state index is 4.28. The third-order valence-corrected chi connectivity index (χ3v) is 3.79. The molecule has 7 heteroatoms. The number of fused-ring (bicyclic) bond motifs is 1. The van der Waals surface area contributed by atoms with Crippen LogP contribution in [0.2, 0.25) is 0 Å². The Morgan fingerprint density at radius 3 is 2.80 bits per heavy atom. The van der Waals surface area contributed by atoms with Crippen molar-refractivity contribution in [1.82, 2.24) is 30.6 Å². The van der Waals surface area contributed by atoms with E-state index in [1.807, 2.05) is 12.1 Å². The highest BCUT2D eigenvalue weighted by atomic mass is 15.6. The van der Waals surface area contributed by atoms with E-state index in [1.54, 1.807) is 0 Å². The van der Waals surface area contributed by atoms with Crippen LogP contribution >= 0.6 is 0 Å². The maximum atomic E-state index is 4.28. The summed E-state index contributed by atoms with van der Waals surface area (Å²) in [7, 11) is 0. The molecule has 20 heavy (non-hydrogen) atoms. The number of hydrogen-bond donors (Lipinski definition) is 2. The Bertz CT molecular complexity index is 530. The van der Waals surface area contributed by atoms with Gasteiger partial charge in [0, 0.05) is 19.1 Å². The van der Waals surface area contributed by atoms with E-state index in [4.69, 9.17) is 0 Å². The van der Waals surface area contributed by atoms with Gasteiger partial charge in [-0.2, -0.15) is 0 Å². The third kappa shape index (κ3) is 3.41. The van der Waals surface area contributed by atoms with E-state index in [0.29, 0.717) is 11.7 Å². The predicted octanol–water partition coefficient (Wildman–Crippen LogP) is 1.24.